The summed E-state index contributed by atoms with van der Waals surface area (Å²) in [6, 6.07) is 8.91. The molecule has 0 bridgehead atoms. The number of ether oxygens (including phenoxy) is 1. The molecule has 0 aromatic heterocycles. The Bertz CT molecular complexity index is 536. The molecule has 21 heavy (non-hydrogen) atoms. The van der Waals surface area contributed by atoms with Gasteiger partial charge in [-0.15, -0.1) is 0 Å². The molecule has 4 rings (SSSR count). The molecule has 3 aliphatic rings. The quantitative estimate of drug-likeness (QED) is 0.843. The van der Waals surface area contributed by atoms with Gasteiger partial charge >= 0.3 is 0 Å². The van der Waals surface area contributed by atoms with Gasteiger partial charge in [-0.05, 0) is 67.9 Å². The van der Waals surface area contributed by atoms with Crippen molar-refractivity contribution < 1.29 is 4.74 Å². The summed E-state index contributed by atoms with van der Waals surface area (Å²) in [6.07, 6.45) is 8.48. The highest BCUT2D eigenvalue weighted by Gasteiger charge is 2.49. The molecule has 1 aromatic rings. The van der Waals surface area contributed by atoms with Crippen molar-refractivity contribution in [2.24, 2.45) is 11.7 Å². The zero-order chi connectivity index (χ0) is 14.5. The average Bonchev–Trinajstić information content (AvgIpc) is 2.50. The third-order valence-electron chi connectivity index (χ3n) is 6.47. The van der Waals surface area contributed by atoms with Crippen molar-refractivity contribution in [3.05, 3.63) is 35.4 Å². The summed E-state index contributed by atoms with van der Waals surface area (Å²) in [5.74, 6) is 1.23. The van der Waals surface area contributed by atoms with Crippen molar-refractivity contribution in [1.29, 1.82) is 0 Å². The van der Waals surface area contributed by atoms with Crippen molar-refractivity contribution in [1.82, 2.24) is 0 Å². The van der Waals surface area contributed by atoms with Crippen LogP contribution in [0.15, 0.2) is 24.3 Å². The molecular weight excluding hydrogens is 258 g/mol. The van der Waals surface area contributed by atoms with Gasteiger partial charge in [0.05, 0.1) is 5.60 Å². The van der Waals surface area contributed by atoms with Crippen LogP contribution >= 0.6 is 0 Å². The molecule has 2 aliphatic carbocycles. The van der Waals surface area contributed by atoms with E-state index in [1.54, 1.807) is 0 Å². The van der Waals surface area contributed by atoms with Crippen LogP contribution in [0, 0.1) is 5.92 Å². The van der Waals surface area contributed by atoms with Gasteiger partial charge in [0.15, 0.2) is 0 Å². The Labute approximate surface area is 128 Å². The normalized spacial score (nSPS) is 37.8. The Hall–Kier alpha value is -0.860. The minimum atomic E-state index is -0.129. The fourth-order valence-electron chi connectivity index (χ4n) is 4.91. The van der Waals surface area contributed by atoms with Gasteiger partial charge in [0.25, 0.3) is 0 Å². The number of hydrogen-bond acceptors (Lipinski definition) is 2. The minimum absolute atomic E-state index is 0.129. The number of rotatable bonds is 1. The molecule has 1 saturated heterocycles. The molecule has 0 amide bonds. The van der Waals surface area contributed by atoms with Crippen LogP contribution in [0.3, 0.4) is 0 Å². The molecule has 2 nitrogen and oxygen atoms in total. The Morgan fingerprint density at radius 1 is 1.14 bits per heavy atom. The van der Waals surface area contributed by atoms with Crippen LogP contribution in [0.4, 0.5) is 0 Å². The molecule has 1 aromatic carbocycles. The second-order valence-corrected chi connectivity index (χ2v) is 7.64. The zero-order valence-electron chi connectivity index (χ0n) is 13.1. The van der Waals surface area contributed by atoms with Gasteiger partial charge in [0.1, 0.15) is 0 Å². The van der Waals surface area contributed by atoms with E-state index in [1.807, 2.05) is 0 Å². The lowest BCUT2D eigenvalue weighted by Crippen LogP contribution is -2.55. The van der Waals surface area contributed by atoms with Gasteiger partial charge in [0, 0.05) is 12.1 Å². The SMILES string of the molecule is CC1CCC(N)(C2CCOC3(CCC3)C2)c2ccccc21. The van der Waals surface area contributed by atoms with Crippen LogP contribution in [0.2, 0.25) is 0 Å². The van der Waals surface area contributed by atoms with E-state index in [1.165, 1.54) is 43.2 Å². The predicted molar refractivity (Wildman–Crippen MR) is 85.2 cm³/mol. The molecule has 3 atom stereocenters. The van der Waals surface area contributed by atoms with Crippen molar-refractivity contribution in [3.8, 4) is 0 Å². The van der Waals surface area contributed by atoms with Gasteiger partial charge in [-0.25, -0.2) is 0 Å². The van der Waals surface area contributed by atoms with E-state index in [2.05, 4.69) is 31.2 Å². The van der Waals surface area contributed by atoms with E-state index in [0.717, 1.165) is 19.4 Å². The Balaban J connectivity index is 1.68. The second kappa shape index (κ2) is 4.82. The van der Waals surface area contributed by atoms with Crippen molar-refractivity contribution in [2.75, 3.05) is 6.61 Å². The predicted octanol–water partition coefficient (Wildman–Crippen LogP) is 4.09. The second-order valence-electron chi connectivity index (χ2n) is 7.64. The topological polar surface area (TPSA) is 35.2 Å². The van der Waals surface area contributed by atoms with E-state index in [-0.39, 0.29) is 11.1 Å². The smallest absolute Gasteiger partial charge is 0.0686 e. The first-order valence-electron chi connectivity index (χ1n) is 8.65. The highest BCUT2D eigenvalue weighted by molar-refractivity contribution is 5.39. The Kier molecular flexibility index (Phi) is 3.16. The number of hydrogen-bond donors (Lipinski definition) is 1. The summed E-state index contributed by atoms with van der Waals surface area (Å²) in [6.45, 7) is 3.25. The molecule has 114 valence electrons. The van der Waals surface area contributed by atoms with Crippen LogP contribution in [0.1, 0.15) is 68.9 Å². The van der Waals surface area contributed by atoms with Gasteiger partial charge in [0.2, 0.25) is 0 Å². The minimum Gasteiger partial charge on any atom is -0.375 e. The molecule has 1 saturated carbocycles. The van der Waals surface area contributed by atoms with E-state index >= 15 is 0 Å². The average molecular weight is 285 g/mol. The fourth-order valence-corrected chi connectivity index (χ4v) is 4.91. The maximum absolute atomic E-state index is 7.05. The van der Waals surface area contributed by atoms with Crippen LogP contribution in [0.25, 0.3) is 0 Å². The van der Waals surface area contributed by atoms with E-state index in [0.29, 0.717) is 11.8 Å². The zero-order valence-corrected chi connectivity index (χ0v) is 13.1. The van der Waals surface area contributed by atoms with Crippen molar-refractivity contribution >= 4 is 0 Å². The summed E-state index contributed by atoms with van der Waals surface area (Å²) in [5, 5.41) is 0. The van der Waals surface area contributed by atoms with Gasteiger partial charge < -0.3 is 10.5 Å². The van der Waals surface area contributed by atoms with Crippen molar-refractivity contribution in [2.45, 2.75) is 68.9 Å². The molecule has 2 heteroatoms. The molecule has 2 N–H and O–H groups in total. The molecular formula is C19H27NO. The molecule has 1 spiro atoms. The summed E-state index contributed by atoms with van der Waals surface area (Å²) >= 11 is 0. The lowest BCUT2D eigenvalue weighted by atomic mass is 9.61. The van der Waals surface area contributed by atoms with E-state index in [4.69, 9.17) is 10.5 Å². The molecule has 2 fully saturated rings. The maximum atomic E-state index is 7.05. The summed E-state index contributed by atoms with van der Waals surface area (Å²) in [5.41, 5.74) is 10.0. The molecule has 1 heterocycles. The van der Waals surface area contributed by atoms with Gasteiger partial charge in [-0.2, -0.15) is 0 Å². The van der Waals surface area contributed by atoms with Crippen LogP contribution in [-0.4, -0.2) is 12.2 Å². The van der Waals surface area contributed by atoms with Crippen molar-refractivity contribution in [3.63, 3.8) is 0 Å². The summed E-state index contributed by atoms with van der Waals surface area (Å²) in [4.78, 5) is 0. The lowest BCUT2D eigenvalue weighted by molar-refractivity contribution is -0.153. The maximum Gasteiger partial charge on any atom is 0.0686 e. The van der Waals surface area contributed by atoms with Crippen LogP contribution < -0.4 is 5.73 Å². The number of benzene rings is 1. The largest absolute Gasteiger partial charge is 0.375 e. The summed E-state index contributed by atoms with van der Waals surface area (Å²) in [7, 11) is 0. The van der Waals surface area contributed by atoms with E-state index in [9.17, 15) is 0 Å². The lowest BCUT2D eigenvalue weighted by Gasteiger charge is -2.53. The first-order valence-corrected chi connectivity index (χ1v) is 8.65. The first-order chi connectivity index (χ1) is 10.1. The fraction of sp³-hybridized carbons (Fsp3) is 0.684. The monoisotopic (exact) mass is 285 g/mol. The van der Waals surface area contributed by atoms with E-state index < -0.39 is 0 Å². The third kappa shape index (κ3) is 2.07. The van der Waals surface area contributed by atoms with Gasteiger partial charge in [-0.3, -0.25) is 0 Å². The molecule has 1 aliphatic heterocycles. The highest BCUT2D eigenvalue weighted by atomic mass is 16.5. The first kappa shape index (κ1) is 13.8. The number of fused-ring (bicyclic) bond motifs is 1. The standard InChI is InChI=1S/C19H27NO/c1-14-7-11-19(20,17-6-3-2-5-16(14)17)15-8-12-21-18(13-15)9-4-10-18/h2-3,5-6,14-15H,4,7-13,20H2,1H3. The highest BCUT2D eigenvalue weighted by Crippen LogP contribution is 2.52. The van der Waals surface area contributed by atoms with Crippen LogP contribution in [-0.2, 0) is 10.3 Å². The Morgan fingerprint density at radius 2 is 1.95 bits per heavy atom. The Morgan fingerprint density at radius 3 is 2.71 bits per heavy atom. The van der Waals surface area contributed by atoms with Gasteiger partial charge in [-0.1, -0.05) is 31.2 Å². The third-order valence-corrected chi connectivity index (χ3v) is 6.47. The molecule has 3 unspecified atom stereocenters. The number of nitrogens with two attached hydrogens (primary N) is 1. The van der Waals surface area contributed by atoms with Crippen LogP contribution in [0.5, 0.6) is 0 Å². The molecule has 0 radical (unpaired) electrons. The summed E-state index contributed by atoms with van der Waals surface area (Å²) < 4.78 is 6.12.